The summed E-state index contributed by atoms with van der Waals surface area (Å²) in [4.78, 5) is 4.40. The van der Waals surface area contributed by atoms with Gasteiger partial charge in [-0.15, -0.1) is 0 Å². The van der Waals surface area contributed by atoms with Gasteiger partial charge in [-0.2, -0.15) is 0 Å². The second-order valence-corrected chi connectivity index (χ2v) is 5.09. The summed E-state index contributed by atoms with van der Waals surface area (Å²) in [5, 5.41) is 4.45. The third-order valence-electron chi connectivity index (χ3n) is 3.00. The molecule has 1 heterocycles. The Balaban J connectivity index is 2.15. The van der Waals surface area contributed by atoms with E-state index in [2.05, 4.69) is 24.1 Å². The number of pyridine rings is 1. The average molecular weight is 274 g/mol. The third-order valence-corrected chi connectivity index (χ3v) is 3.00. The van der Waals surface area contributed by atoms with Crippen molar-refractivity contribution < 1.29 is 9.47 Å². The maximum absolute atomic E-state index is 6.07. The topological polar surface area (TPSA) is 43.4 Å². The van der Waals surface area contributed by atoms with Crippen LogP contribution in [0.25, 0.3) is 10.9 Å². The molecule has 1 aromatic carbocycles. The van der Waals surface area contributed by atoms with Crippen molar-refractivity contribution in [3.05, 3.63) is 36.5 Å². The molecule has 1 N–H and O–H groups in total. The minimum Gasteiger partial charge on any atom is -0.484 e. The van der Waals surface area contributed by atoms with Crippen LogP contribution in [0.3, 0.4) is 0 Å². The zero-order chi connectivity index (χ0) is 14.4. The fourth-order valence-corrected chi connectivity index (χ4v) is 2.04. The van der Waals surface area contributed by atoms with Gasteiger partial charge < -0.3 is 14.8 Å². The number of methoxy groups -OCH3 is 1. The minimum absolute atomic E-state index is 0.0324. The first-order valence-electron chi connectivity index (χ1n) is 6.93. The van der Waals surface area contributed by atoms with E-state index in [0.717, 1.165) is 23.2 Å². The van der Waals surface area contributed by atoms with Crippen LogP contribution in [0.5, 0.6) is 5.75 Å². The lowest BCUT2D eigenvalue weighted by molar-refractivity contribution is 0.0803. The molecule has 0 aliphatic rings. The fourth-order valence-electron chi connectivity index (χ4n) is 2.04. The van der Waals surface area contributed by atoms with E-state index in [1.165, 1.54) is 0 Å². The number of benzene rings is 1. The first kappa shape index (κ1) is 14.8. The van der Waals surface area contributed by atoms with E-state index in [9.17, 15) is 0 Å². The molecule has 108 valence electrons. The lowest BCUT2D eigenvalue weighted by Crippen LogP contribution is -2.38. The van der Waals surface area contributed by atoms with E-state index in [1.54, 1.807) is 13.3 Å². The molecule has 2 rings (SSSR count). The van der Waals surface area contributed by atoms with Gasteiger partial charge in [0, 0.05) is 31.3 Å². The molecule has 0 aliphatic heterocycles. The largest absolute Gasteiger partial charge is 0.484 e. The van der Waals surface area contributed by atoms with Crippen molar-refractivity contribution in [3.8, 4) is 5.75 Å². The predicted molar refractivity (Wildman–Crippen MR) is 81.2 cm³/mol. The predicted octanol–water partition coefficient (Wildman–Crippen LogP) is 2.63. The highest BCUT2D eigenvalue weighted by Gasteiger charge is 2.13. The summed E-state index contributed by atoms with van der Waals surface area (Å²) < 4.78 is 11.3. The molecular weight excluding hydrogens is 252 g/mol. The Hall–Kier alpha value is -1.65. The monoisotopic (exact) mass is 274 g/mol. The van der Waals surface area contributed by atoms with Gasteiger partial charge >= 0.3 is 0 Å². The van der Waals surface area contributed by atoms with Crippen molar-refractivity contribution in [1.82, 2.24) is 10.3 Å². The molecule has 0 radical (unpaired) electrons. The first-order chi connectivity index (χ1) is 9.70. The molecule has 0 fully saturated rings. The number of hydrogen-bond donors (Lipinski definition) is 1. The van der Waals surface area contributed by atoms with Crippen molar-refractivity contribution in [2.45, 2.75) is 26.0 Å². The quantitative estimate of drug-likeness (QED) is 0.843. The smallest absolute Gasteiger partial charge is 0.146 e. The number of ether oxygens (including phenoxy) is 2. The molecule has 0 spiro atoms. The number of aromatic nitrogens is 1. The number of fused-ring (bicyclic) bond motifs is 1. The van der Waals surface area contributed by atoms with Crippen molar-refractivity contribution in [2.24, 2.45) is 0 Å². The van der Waals surface area contributed by atoms with Crippen LogP contribution in [-0.2, 0) is 4.74 Å². The van der Waals surface area contributed by atoms with Gasteiger partial charge in [0.05, 0.1) is 6.61 Å². The number of nitrogens with one attached hydrogen (secondary N) is 1. The summed E-state index contributed by atoms with van der Waals surface area (Å²) in [6.07, 6.45) is 1.75. The molecule has 1 aromatic heterocycles. The van der Waals surface area contributed by atoms with E-state index < -0.39 is 0 Å². The Bertz CT molecular complexity index is 537. The van der Waals surface area contributed by atoms with Crippen LogP contribution in [0.2, 0.25) is 0 Å². The lowest BCUT2D eigenvalue weighted by Gasteiger charge is -2.21. The van der Waals surface area contributed by atoms with Crippen molar-refractivity contribution >= 4 is 10.9 Å². The Morgan fingerprint density at radius 3 is 2.75 bits per heavy atom. The Morgan fingerprint density at radius 1 is 1.20 bits per heavy atom. The molecule has 4 nitrogen and oxygen atoms in total. The summed E-state index contributed by atoms with van der Waals surface area (Å²) in [6.45, 7) is 5.52. The summed E-state index contributed by atoms with van der Waals surface area (Å²) in [5.41, 5.74) is 0.889. The van der Waals surface area contributed by atoms with Gasteiger partial charge in [0.15, 0.2) is 0 Å². The SMILES string of the molecule is COCC(CNC(C)C)Oc1cccc2cccnc12. The number of rotatable bonds is 7. The second-order valence-electron chi connectivity index (χ2n) is 5.09. The zero-order valence-corrected chi connectivity index (χ0v) is 12.3. The van der Waals surface area contributed by atoms with Crippen LogP contribution in [0.1, 0.15) is 13.8 Å². The standard InChI is InChI=1S/C16H22N2O2/c1-12(2)18-10-14(11-19-3)20-15-8-4-6-13-7-5-9-17-16(13)15/h4-9,12,14,18H,10-11H2,1-3H3. The van der Waals surface area contributed by atoms with Gasteiger partial charge in [0.2, 0.25) is 0 Å². The summed E-state index contributed by atoms with van der Waals surface area (Å²) in [7, 11) is 1.69. The van der Waals surface area contributed by atoms with Crippen molar-refractivity contribution in [2.75, 3.05) is 20.3 Å². The maximum Gasteiger partial charge on any atom is 0.146 e. The van der Waals surface area contributed by atoms with Gasteiger partial charge in [-0.05, 0) is 12.1 Å². The first-order valence-corrected chi connectivity index (χ1v) is 6.93. The van der Waals surface area contributed by atoms with E-state index >= 15 is 0 Å². The highest BCUT2D eigenvalue weighted by molar-refractivity contribution is 5.84. The summed E-state index contributed by atoms with van der Waals surface area (Å²) >= 11 is 0. The number of hydrogen-bond acceptors (Lipinski definition) is 4. The number of nitrogens with zero attached hydrogens (tertiary/aromatic N) is 1. The Kier molecular flexibility index (Phi) is 5.32. The molecule has 0 amide bonds. The molecule has 20 heavy (non-hydrogen) atoms. The van der Waals surface area contributed by atoms with E-state index in [1.807, 2.05) is 30.3 Å². The van der Waals surface area contributed by atoms with Gasteiger partial charge in [-0.25, -0.2) is 0 Å². The molecule has 0 saturated carbocycles. The Labute approximate surface area is 120 Å². The molecule has 1 atom stereocenters. The van der Waals surface area contributed by atoms with Gasteiger partial charge in [-0.1, -0.05) is 32.0 Å². The number of para-hydroxylation sites is 1. The van der Waals surface area contributed by atoms with Gasteiger partial charge in [-0.3, -0.25) is 4.98 Å². The molecular formula is C16H22N2O2. The van der Waals surface area contributed by atoms with Crippen molar-refractivity contribution in [1.29, 1.82) is 0 Å². The molecule has 0 saturated heterocycles. The van der Waals surface area contributed by atoms with Crippen molar-refractivity contribution in [3.63, 3.8) is 0 Å². The fraction of sp³-hybridized carbons (Fsp3) is 0.438. The minimum atomic E-state index is -0.0324. The van der Waals surface area contributed by atoms with E-state index in [0.29, 0.717) is 12.6 Å². The van der Waals surface area contributed by atoms with E-state index in [-0.39, 0.29) is 6.10 Å². The molecule has 1 unspecified atom stereocenters. The molecule has 2 aromatic rings. The van der Waals surface area contributed by atoms with E-state index in [4.69, 9.17) is 9.47 Å². The zero-order valence-electron chi connectivity index (χ0n) is 12.3. The van der Waals surface area contributed by atoms with Crippen LogP contribution in [0.4, 0.5) is 0 Å². The summed E-state index contributed by atoms with van der Waals surface area (Å²) in [5.74, 6) is 0.802. The van der Waals surface area contributed by atoms with Crippen LogP contribution in [0.15, 0.2) is 36.5 Å². The molecule has 0 aliphatic carbocycles. The second kappa shape index (κ2) is 7.22. The highest BCUT2D eigenvalue weighted by Crippen LogP contribution is 2.23. The lowest BCUT2D eigenvalue weighted by atomic mass is 10.2. The molecule has 0 bridgehead atoms. The normalized spacial score (nSPS) is 12.8. The van der Waals surface area contributed by atoms with Crippen LogP contribution < -0.4 is 10.1 Å². The van der Waals surface area contributed by atoms with Gasteiger partial charge in [0.25, 0.3) is 0 Å². The van der Waals surface area contributed by atoms with Crippen LogP contribution in [0, 0.1) is 0 Å². The molecule has 4 heteroatoms. The third kappa shape index (κ3) is 3.92. The van der Waals surface area contributed by atoms with Crippen LogP contribution >= 0.6 is 0 Å². The van der Waals surface area contributed by atoms with Gasteiger partial charge in [0.1, 0.15) is 17.4 Å². The maximum atomic E-state index is 6.07. The highest BCUT2D eigenvalue weighted by atomic mass is 16.5. The average Bonchev–Trinajstić information content (AvgIpc) is 2.45. The Morgan fingerprint density at radius 2 is 2.00 bits per heavy atom. The summed E-state index contributed by atoms with van der Waals surface area (Å²) in [6, 6.07) is 10.4. The van der Waals surface area contributed by atoms with Crippen LogP contribution in [-0.4, -0.2) is 37.4 Å².